The third-order valence-electron chi connectivity index (χ3n) is 5.29. The number of carbonyl (C=O) groups is 2. The first-order chi connectivity index (χ1) is 12.9. The zero-order valence-electron chi connectivity index (χ0n) is 14.9. The fourth-order valence-electron chi connectivity index (χ4n) is 3.71. The number of nitrogens with zero attached hydrogens (tertiary/aromatic N) is 2. The van der Waals surface area contributed by atoms with Crippen molar-refractivity contribution in [3.8, 4) is 5.75 Å². The van der Waals surface area contributed by atoms with Crippen LogP contribution >= 0.6 is 11.6 Å². The van der Waals surface area contributed by atoms with E-state index in [-0.39, 0.29) is 13.1 Å². The van der Waals surface area contributed by atoms with Crippen LogP contribution in [0, 0.1) is 5.41 Å². The highest BCUT2D eigenvalue weighted by Crippen LogP contribution is 2.37. The minimum atomic E-state index is -1.08. The molecular formula is C19H21ClN2O5. The van der Waals surface area contributed by atoms with Crippen LogP contribution in [0.1, 0.15) is 24.8 Å². The van der Waals surface area contributed by atoms with Gasteiger partial charge in [0, 0.05) is 24.7 Å². The average Bonchev–Trinajstić information content (AvgIpc) is 3.09. The normalized spacial score (nSPS) is 19.4. The molecular weight excluding hydrogens is 372 g/mol. The highest BCUT2D eigenvalue weighted by molar-refractivity contribution is 6.32. The number of aliphatic carboxylic acids is 1. The van der Waals surface area contributed by atoms with Gasteiger partial charge in [0.25, 0.3) is 0 Å². The zero-order valence-corrected chi connectivity index (χ0v) is 15.7. The number of carboxylic acid groups (broad SMARTS) is 2. The van der Waals surface area contributed by atoms with Crippen molar-refractivity contribution >= 4 is 34.6 Å². The second-order valence-electron chi connectivity index (χ2n) is 6.86. The molecule has 3 rings (SSSR count). The third kappa shape index (κ3) is 3.78. The highest BCUT2D eigenvalue weighted by Gasteiger charge is 2.45. The van der Waals surface area contributed by atoms with E-state index in [1.165, 1.54) is 4.90 Å². The van der Waals surface area contributed by atoms with Crippen molar-refractivity contribution in [1.82, 2.24) is 9.88 Å². The molecule has 1 aliphatic rings. The van der Waals surface area contributed by atoms with E-state index >= 15 is 0 Å². The lowest BCUT2D eigenvalue weighted by atomic mass is 9.81. The minimum Gasteiger partial charge on any atom is -0.497 e. The molecule has 2 N–H and O–H groups in total. The summed E-state index contributed by atoms with van der Waals surface area (Å²) in [6.07, 6.45) is 2.39. The second kappa shape index (κ2) is 7.60. The number of hydrogen-bond acceptors (Lipinski definition) is 4. The number of hydrogen-bond donors (Lipinski definition) is 2. The van der Waals surface area contributed by atoms with Crippen LogP contribution in [0.25, 0.3) is 10.9 Å². The van der Waals surface area contributed by atoms with Crippen molar-refractivity contribution in [3.05, 3.63) is 35.0 Å². The molecule has 0 spiro atoms. The minimum absolute atomic E-state index is 0.0241. The van der Waals surface area contributed by atoms with E-state index in [0.717, 1.165) is 16.5 Å². The molecule has 144 valence electrons. The van der Waals surface area contributed by atoms with Crippen LogP contribution in [0.15, 0.2) is 24.4 Å². The predicted molar refractivity (Wildman–Crippen MR) is 101 cm³/mol. The Kier molecular flexibility index (Phi) is 5.41. The number of likely N-dealkylation sites (tertiary alicyclic amines) is 1. The van der Waals surface area contributed by atoms with Crippen molar-refractivity contribution < 1.29 is 24.5 Å². The lowest BCUT2D eigenvalue weighted by molar-refractivity contribution is -0.148. The Morgan fingerprint density at radius 1 is 1.37 bits per heavy atom. The lowest BCUT2D eigenvalue weighted by Gasteiger charge is -2.24. The monoisotopic (exact) mass is 392 g/mol. The highest BCUT2D eigenvalue weighted by atomic mass is 35.5. The van der Waals surface area contributed by atoms with Gasteiger partial charge in [-0.2, -0.15) is 0 Å². The lowest BCUT2D eigenvalue weighted by Crippen LogP contribution is -2.36. The first-order valence-corrected chi connectivity index (χ1v) is 9.06. The van der Waals surface area contributed by atoms with E-state index in [1.807, 2.05) is 18.2 Å². The van der Waals surface area contributed by atoms with E-state index in [1.54, 1.807) is 13.3 Å². The van der Waals surface area contributed by atoms with Crippen LogP contribution in [-0.4, -0.2) is 52.4 Å². The fraction of sp³-hybridized carbons (Fsp3) is 0.421. The van der Waals surface area contributed by atoms with E-state index < -0.39 is 17.5 Å². The van der Waals surface area contributed by atoms with Crippen LogP contribution in [0.5, 0.6) is 5.75 Å². The largest absolute Gasteiger partial charge is 0.497 e. The molecule has 1 amide bonds. The Balaban J connectivity index is 1.79. The summed E-state index contributed by atoms with van der Waals surface area (Å²) in [5, 5.41) is 20.2. The van der Waals surface area contributed by atoms with Crippen LogP contribution < -0.4 is 4.74 Å². The third-order valence-corrected chi connectivity index (χ3v) is 5.62. The Morgan fingerprint density at radius 2 is 2.15 bits per heavy atom. The van der Waals surface area contributed by atoms with E-state index in [2.05, 4.69) is 4.98 Å². The number of amides is 1. The van der Waals surface area contributed by atoms with Gasteiger partial charge in [0.2, 0.25) is 0 Å². The van der Waals surface area contributed by atoms with Gasteiger partial charge in [0.15, 0.2) is 0 Å². The summed E-state index contributed by atoms with van der Waals surface area (Å²) >= 11 is 6.35. The molecule has 1 aromatic carbocycles. The molecule has 0 radical (unpaired) electrons. The molecule has 7 nitrogen and oxygen atoms in total. The maximum atomic E-state index is 11.8. The zero-order chi connectivity index (χ0) is 19.6. The number of benzene rings is 1. The summed E-state index contributed by atoms with van der Waals surface area (Å²) in [5.41, 5.74) is 0.654. The molecule has 8 heteroatoms. The molecule has 27 heavy (non-hydrogen) atoms. The molecule has 1 aliphatic heterocycles. The number of aryl methyl sites for hydroxylation is 1. The van der Waals surface area contributed by atoms with Gasteiger partial charge in [-0.15, -0.1) is 0 Å². The molecule has 1 atom stereocenters. The van der Waals surface area contributed by atoms with Crippen LogP contribution in [0.3, 0.4) is 0 Å². The van der Waals surface area contributed by atoms with Crippen LogP contribution in [0.4, 0.5) is 4.79 Å². The smallest absolute Gasteiger partial charge is 0.407 e. The standard InChI is InChI=1S/C19H21ClN2O5/c1-27-12-4-5-16-14(9-12)13(15(20)10-21-16)3-2-6-19(17(23)24)7-8-22(11-19)18(25)26/h4-5,9-10H,2-3,6-8,11H2,1H3,(H,23,24)(H,25,26). The summed E-state index contributed by atoms with van der Waals surface area (Å²) in [6.45, 7) is 0.272. The van der Waals surface area contributed by atoms with Crippen LogP contribution in [0.2, 0.25) is 5.02 Å². The SMILES string of the molecule is COc1ccc2ncc(Cl)c(CCCC3(C(=O)O)CCN(C(=O)O)C3)c2c1. The summed E-state index contributed by atoms with van der Waals surface area (Å²) in [7, 11) is 1.59. The molecule has 0 bridgehead atoms. The summed E-state index contributed by atoms with van der Waals surface area (Å²) in [6, 6.07) is 5.55. The van der Waals surface area contributed by atoms with Crippen molar-refractivity contribution in [2.75, 3.05) is 20.2 Å². The van der Waals surface area contributed by atoms with Gasteiger partial charge in [-0.1, -0.05) is 11.6 Å². The number of pyridine rings is 1. The summed E-state index contributed by atoms with van der Waals surface area (Å²) in [4.78, 5) is 28.5. The van der Waals surface area contributed by atoms with Gasteiger partial charge in [-0.25, -0.2) is 4.79 Å². The van der Waals surface area contributed by atoms with Crippen molar-refractivity contribution in [2.45, 2.75) is 25.7 Å². The number of aromatic nitrogens is 1. The van der Waals surface area contributed by atoms with Crippen LogP contribution in [-0.2, 0) is 11.2 Å². The van der Waals surface area contributed by atoms with Gasteiger partial charge in [0.1, 0.15) is 5.75 Å². The number of ether oxygens (including phenoxy) is 1. The van der Waals surface area contributed by atoms with Gasteiger partial charge in [-0.05, 0) is 49.4 Å². The van der Waals surface area contributed by atoms with Crippen molar-refractivity contribution in [1.29, 1.82) is 0 Å². The molecule has 0 saturated carbocycles. The molecule has 1 fully saturated rings. The molecule has 2 aromatic rings. The maximum Gasteiger partial charge on any atom is 0.407 e. The topological polar surface area (TPSA) is 100.0 Å². The Morgan fingerprint density at radius 3 is 2.78 bits per heavy atom. The summed E-state index contributed by atoms with van der Waals surface area (Å²) < 4.78 is 5.27. The molecule has 2 heterocycles. The molecule has 1 saturated heterocycles. The fourth-order valence-corrected chi connectivity index (χ4v) is 3.95. The molecule has 1 unspecified atom stereocenters. The van der Waals surface area contributed by atoms with Gasteiger partial charge in [-0.3, -0.25) is 9.78 Å². The van der Waals surface area contributed by atoms with E-state index in [9.17, 15) is 14.7 Å². The first kappa shape index (κ1) is 19.2. The van der Waals surface area contributed by atoms with Gasteiger partial charge < -0.3 is 19.8 Å². The number of fused-ring (bicyclic) bond motifs is 1. The Hall–Kier alpha value is -2.54. The number of methoxy groups -OCH3 is 1. The number of carboxylic acids is 1. The average molecular weight is 393 g/mol. The number of rotatable bonds is 6. The Bertz CT molecular complexity index is 888. The van der Waals surface area contributed by atoms with E-state index in [4.69, 9.17) is 21.4 Å². The maximum absolute atomic E-state index is 11.8. The Labute approximate surface area is 161 Å². The number of halogens is 1. The summed E-state index contributed by atoms with van der Waals surface area (Å²) in [5.74, 6) is -0.249. The second-order valence-corrected chi connectivity index (χ2v) is 7.27. The first-order valence-electron chi connectivity index (χ1n) is 8.69. The van der Waals surface area contributed by atoms with Gasteiger partial charge in [0.05, 0.1) is 23.1 Å². The quantitative estimate of drug-likeness (QED) is 0.777. The van der Waals surface area contributed by atoms with E-state index in [0.29, 0.717) is 36.5 Å². The van der Waals surface area contributed by atoms with Crippen molar-refractivity contribution in [2.24, 2.45) is 5.41 Å². The molecule has 0 aliphatic carbocycles. The van der Waals surface area contributed by atoms with Crippen molar-refractivity contribution in [3.63, 3.8) is 0 Å². The van der Waals surface area contributed by atoms with Gasteiger partial charge >= 0.3 is 12.1 Å². The molecule has 1 aromatic heterocycles. The predicted octanol–water partition coefficient (Wildman–Crippen LogP) is 3.67.